The van der Waals surface area contributed by atoms with Crippen LogP contribution in [0.25, 0.3) is 11.3 Å². The molecular weight excluding hydrogens is 393 g/mol. The maximum absolute atomic E-state index is 13.7. The molecule has 0 radical (unpaired) electrons. The Labute approximate surface area is 181 Å². The van der Waals surface area contributed by atoms with Crippen molar-refractivity contribution in [3.63, 3.8) is 0 Å². The van der Waals surface area contributed by atoms with Gasteiger partial charge in [0.25, 0.3) is 0 Å². The van der Waals surface area contributed by atoms with Crippen molar-refractivity contribution in [3.05, 3.63) is 65.7 Å². The molecule has 1 amide bonds. The number of hydrogen-bond donors (Lipinski definition) is 0. The second kappa shape index (κ2) is 8.13. The highest BCUT2D eigenvalue weighted by Crippen LogP contribution is 2.41. The van der Waals surface area contributed by atoms with Gasteiger partial charge in [-0.15, -0.1) is 0 Å². The first-order chi connectivity index (χ1) is 15.1. The predicted octanol–water partition coefficient (Wildman–Crippen LogP) is 3.62. The van der Waals surface area contributed by atoms with Crippen molar-refractivity contribution in [3.8, 4) is 11.3 Å². The minimum absolute atomic E-state index is 0.0903. The molecule has 1 aliphatic carbocycles. The van der Waals surface area contributed by atoms with Gasteiger partial charge in [0, 0.05) is 49.6 Å². The van der Waals surface area contributed by atoms with E-state index in [0.29, 0.717) is 24.6 Å². The second-order valence-corrected chi connectivity index (χ2v) is 8.41. The topological polar surface area (TPSA) is 54.3 Å². The standard InChI is InChI=1S/C24H26FN5O/c1-17-14-19(7-8-20(17)25)21-15-22(18-5-6-18)30(27-21)16-24(31)29-12-10-28(11-13-29)23-4-2-3-9-26-23/h2-4,7-9,14-15,18H,5-6,10-13,16H2,1H3. The van der Waals surface area contributed by atoms with E-state index in [1.54, 1.807) is 19.2 Å². The first kappa shape index (κ1) is 19.7. The lowest BCUT2D eigenvalue weighted by Gasteiger charge is -2.35. The molecule has 1 aromatic carbocycles. The molecule has 6 nitrogen and oxygen atoms in total. The number of hydrogen-bond acceptors (Lipinski definition) is 4. The van der Waals surface area contributed by atoms with Crippen molar-refractivity contribution in [1.82, 2.24) is 19.7 Å². The Hall–Kier alpha value is -3.22. The Morgan fingerprint density at radius 3 is 2.58 bits per heavy atom. The number of carbonyl (C=O) groups is 1. The molecule has 2 aliphatic rings. The normalized spacial score (nSPS) is 16.6. The Balaban J connectivity index is 1.29. The van der Waals surface area contributed by atoms with Crippen LogP contribution < -0.4 is 4.90 Å². The quantitative estimate of drug-likeness (QED) is 0.634. The van der Waals surface area contributed by atoms with E-state index in [-0.39, 0.29) is 18.3 Å². The SMILES string of the molecule is Cc1cc(-c2cc(C3CC3)n(CC(=O)N3CCN(c4ccccn4)CC3)n2)ccc1F. The minimum Gasteiger partial charge on any atom is -0.353 e. The highest BCUT2D eigenvalue weighted by Gasteiger charge is 2.30. The molecule has 2 fully saturated rings. The number of carbonyl (C=O) groups excluding carboxylic acids is 1. The van der Waals surface area contributed by atoms with Crippen molar-refractivity contribution in [1.29, 1.82) is 0 Å². The Bertz CT molecular complexity index is 1080. The van der Waals surface area contributed by atoms with Gasteiger partial charge in [0.1, 0.15) is 18.2 Å². The fraction of sp³-hybridized carbons (Fsp3) is 0.375. The lowest BCUT2D eigenvalue weighted by molar-refractivity contribution is -0.132. The first-order valence-corrected chi connectivity index (χ1v) is 10.9. The van der Waals surface area contributed by atoms with Crippen LogP contribution in [0.2, 0.25) is 0 Å². The van der Waals surface area contributed by atoms with Crippen LogP contribution in [0.1, 0.15) is 30.0 Å². The van der Waals surface area contributed by atoms with Gasteiger partial charge in [0.05, 0.1) is 5.69 Å². The molecule has 5 rings (SSSR count). The minimum atomic E-state index is -0.217. The highest BCUT2D eigenvalue weighted by molar-refractivity contribution is 5.76. The molecular formula is C24H26FN5O. The molecule has 2 aromatic heterocycles. The summed E-state index contributed by atoms with van der Waals surface area (Å²) in [4.78, 5) is 21.6. The number of rotatable bonds is 5. The monoisotopic (exact) mass is 419 g/mol. The Morgan fingerprint density at radius 1 is 1.10 bits per heavy atom. The van der Waals surface area contributed by atoms with Crippen molar-refractivity contribution in [2.24, 2.45) is 0 Å². The van der Waals surface area contributed by atoms with Gasteiger partial charge in [-0.1, -0.05) is 6.07 Å². The highest BCUT2D eigenvalue weighted by atomic mass is 19.1. The van der Waals surface area contributed by atoms with E-state index in [1.807, 2.05) is 33.8 Å². The molecule has 1 saturated heterocycles. The molecule has 160 valence electrons. The Morgan fingerprint density at radius 2 is 1.90 bits per heavy atom. The van der Waals surface area contributed by atoms with E-state index in [2.05, 4.69) is 16.0 Å². The molecule has 1 aliphatic heterocycles. The van der Waals surface area contributed by atoms with Gasteiger partial charge in [0.15, 0.2) is 0 Å². The average Bonchev–Trinajstić information content (AvgIpc) is 3.56. The van der Waals surface area contributed by atoms with Crippen LogP contribution in [-0.2, 0) is 11.3 Å². The third-order valence-corrected chi connectivity index (χ3v) is 6.15. The maximum atomic E-state index is 13.7. The zero-order chi connectivity index (χ0) is 21.4. The van der Waals surface area contributed by atoms with Crippen LogP contribution in [0.3, 0.4) is 0 Å². The van der Waals surface area contributed by atoms with Gasteiger partial charge in [-0.3, -0.25) is 9.48 Å². The third kappa shape index (κ3) is 4.17. The molecule has 0 spiro atoms. The second-order valence-electron chi connectivity index (χ2n) is 8.41. The lowest BCUT2D eigenvalue weighted by atomic mass is 10.1. The third-order valence-electron chi connectivity index (χ3n) is 6.15. The summed E-state index contributed by atoms with van der Waals surface area (Å²) in [7, 11) is 0. The molecule has 3 aromatic rings. The van der Waals surface area contributed by atoms with Crippen LogP contribution >= 0.6 is 0 Å². The van der Waals surface area contributed by atoms with Gasteiger partial charge >= 0.3 is 0 Å². The number of benzene rings is 1. The average molecular weight is 420 g/mol. The van der Waals surface area contributed by atoms with Gasteiger partial charge < -0.3 is 9.80 Å². The zero-order valence-electron chi connectivity index (χ0n) is 17.7. The number of halogens is 1. The zero-order valence-corrected chi connectivity index (χ0v) is 17.7. The first-order valence-electron chi connectivity index (χ1n) is 10.9. The molecule has 0 N–H and O–H groups in total. The van der Waals surface area contributed by atoms with Crippen LogP contribution in [0.5, 0.6) is 0 Å². The van der Waals surface area contributed by atoms with Gasteiger partial charge in [-0.05, 0) is 61.7 Å². The van der Waals surface area contributed by atoms with E-state index in [1.165, 1.54) is 6.07 Å². The van der Waals surface area contributed by atoms with E-state index in [9.17, 15) is 9.18 Å². The van der Waals surface area contributed by atoms with Crippen molar-refractivity contribution in [2.45, 2.75) is 32.2 Å². The summed E-state index contributed by atoms with van der Waals surface area (Å²) in [5, 5.41) is 4.74. The lowest BCUT2D eigenvalue weighted by Crippen LogP contribution is -2.50. The molecule has 7 heteroatoms. The van der Waals surface area contributed by atoms with Crippen molar-refractivity contribution < 1.29 is 9.18 Å². The van der Waals surface area contributed by atoms with E-state index in [0.717, 1.165) is 48.7 Å². The summed E-state index contributed by atoms with van der Waals surface area (Å²) in [5.74, 6) is 1.30. The number of aryl methyl sites for hydroxylation is 1. The molecule has 3 heterocycles. The molecule has 0 atom stereocenters. The molecule has 31 heavy (non-hydrogen) atoms. The van der Waals surface area contributed by atoms with Gasteiger partial charge in [-0.25, -0.2) is 9.37 Å². The number of piperazine rings is 1. The van der Waals surface area contributed by atoms with Crippen LogP contribution in [0, 0.1) is 12.7 Å². The predicted molar refractivity (Wildman–Crippen MR) is 117 cm³/mol. The summed E-state index contributed by atoms with van der Waals surface area (Å²) in [5.41, 5.74) is 3.40. The van der Waals surface area contributed by atoms with Crippen molar-refractivity contribution >= 4 is 11.7 Å². The summed E-state index contributed by atoms with van der Waals surface area (Å²) >= 11 is 0. The van der Waals surface area contributed by atoms with Gasteiger partial charge in [0.2, 0.25) is 5.91 Å². The maximum Gasteiger partial charge on any atom is 0.244 e. The number of anilines is 1. The van der Waals surface area contributed by atoms with Crippen LogP contribution in [0.15, 0.2) is 48.7 Å². The molecule has 1 saturated carbocycles. The van der Waals surface area contributed by atoms with E-state index >= 15 is 0 Å². The number of aromatic nitrogens is 3. The molecule has 0 unspecified atom stereocenters. The van der Waals surface area contributed by atoms with Gasteiger partial charge in [-0.2, -0.15) is 5.10 Å². The van der Waals surface area contributed by atoms with Crippen LogP contribution in [-0.4, -0.2) is 51.8 Å². The van der Waals surface area contributed by atoms with Crippen LogP contribution in [0.4, 0.5) is 10.2 Å². The smallest absolute Gasteiger partial charge is 0.244 e. The summed E-state index contributed by atoms with van der Waals surface area (Å²) < 4.78 is 15.5. The largest absolute Gasteiger partial charge is 0.353 e. The summed E-state index contributed by atoms with van der Waals surface area (Å²) in [6.07, 6.45) is 4.05. The van der Waals surface area contributed by atoms with E-state index in [4.69, 9.17) is 5.10 Å². The summed E-state index contributed by atoms with van der Waals surface area (Å²) in [6, 6.07) is 13.0. The number of nitrogens with zero attached hydrogens (tertiary/aromatic N) is 5. The Kier molecular flexibility index (Phi) is 5.18. The summed E-state index contributed by atoms with van der Waals surface area (Å²) in [6.45, 7) is 4.91. The fourth-order valence-corrected chi connectivity index (χ4v) is 4.16. The van der Waals surface area contributed by atoms with E-state index < -0.39 is 0 Å². The number of pyridine rings is 1. The van der Waals surface area contributed by atoms with Crippen molar-refractivity contribution in [2.75, 3.05) is 31.1 Å². The number of amides is 1. The molecule has 0 bridgehead atoms. The fourth-order valence-electron chi connectivity index (χ4n) is 4.16.